The molecule has 2 aromatic carbocycles. The van der Waals surface area contributed by atoms with Crippen LogP contribution in [0.5, 0.6) is 0 Å². The number of nitrogens with zero attached hydrogens (tertiary/aromatic N) is 1. The van der Waals surface area contributed by atoms with Crippen LogP contribution in [0.4, 0.5) is 0 Å². The van der Waals surface area contributed by atoms with Gasteiger partial charge in [0.05, 0.1) is 4.90 Å². The van der Waals surface area contributed by atoms with E-state index >= 15 is 0 Å². The van der Waals surface area contributed by atoms with Crippen molar-refractivity contribution in [2.24, 2.45) is 5.92 Å². The number of furan rings is 1. The van der Waals surface area contributed by atoms with Crippen molar-refractivity contribution >= 4 is 31.7 Å². The quantitative estimate of drug-likeness (QED) is 0.509. The van der Waals surface area contributed by atoms with Crippen LogP contribution in [0.3, 0.4) is 0 Å². The maximum Gasteiger partial charge on any atom is 0.289 e. The summed E-state index contributed by atoms with van der Waals surface area (Å²) in [6.07, 6.45) is 2.86. The zero-order valence-corrected chi connectivity index (χ0v) is 18.7. The minimum atomic E-state index is -3.80. The van der Waals surface area contributed by atoms with Gasteiger partial charge in [0.1, 0.15) is 0 Å². The molecular weight excluding hydrogens is 466 g/mol. The van der Waals surface area contributed by atoms with Crippen LogP contribution in [0, 0.1) is 5.92 Å². The van der Waals surface area contributed by atoms with E-state index in [4.69, 9.17) is 4.42 Å². The highest BCUT2D eigenvalue weighted by Crippen LogP contribution is 2.27. The lowest BCUT2D eigenvalue weighted by Gasteiger charge is -2.31. The fourth-order valence-corrected chi connectivity index (χ4v) is 5.19. The van der Waals surface area contributed by atoms with Gasteiger partial charge >= 0.3 is 0 Å². The van der Waals surface area contributed by atoms with E-state index in [1.54, 1.807) is 17.0 Å². The molecule has 0 atom stereocenters. The molecule has 1 aliphatic rings. The first-order valence-corrected chi connectivity index (χ1v) is 12.1. The Labute approximate surface area is 184 Å². The molecule has 1 aromatic heterocycles. The number of rotatable bonds is 5. The molecule has 156 valence electrons. The van der Waals surface area contributed by atoms with Gasteiger partial charge < -0.3 is 9.32 Å². The standard InChI is InChI=1S/C23H22BrNO4S/c24-19-6-8-20(9-7-19)30(27,28)22-11-10-21(29-22)23(26)25-14-12-18(13-15-25)16-17-4-2-1-3-5-17/h1-11,18H,12-16H2. The van der Waals surface area contributed by atoms with Crippen molar-refractivity contribution in [2.75, 3.05) is 13.1 Å². The summed E-state index contributed by atoms with van der Waals surface area (Å²) in [7, 11) is -3.80. The average molecular weight is 488 g/mol. The molecule has 1 aliphatic heterocycles. The molecule has 3 aromatic rings. The average Bonchev–Trinajstić information content (AvgIpc) is 3.26. The Balaban J connectivity index is 1.40. The molecule has 0 saturated carbocycles. The molecule has 1 saturated heterocycles. The fraction of sp³-hybridized carbons (Fsp3) is 0.261. The monoisotopic (exact) mass is 487 g/mol. The maximum absolute atomic E-state index is 12.8. The van der Waals surface area contributed by atoms with Gasteiger partial charge in [0.25, 0.3) is 5.91 Å². The summed E-state index contributed by atoms with van der Waals surface area (Å²) in [5.41, 5.74) is 1.32. The Hall–Kier alpha value is -2.38. The van der Waals surface area contributed by atoms with Gasteiger partial charge in [0.15, 0.2) is 5.76 Å². The second kappa shape index (κ2) is 8.78. The van der Waals surface area contributed by atoms with Crippen molar-refractivity contribution < 1.29 is 17.6 Å². The molecular formula is C23H22BrNO4S. The fourth-order valence-electron chi connectivity index (χ4n) is 3.75. The number of benzene rings is 2. The molecule has 1 fully saturated rings. The number of piperidine rings is 1. The van der Waals surface area contributed by atoms with Gasteiger partial charge in [0, 0.05) is 17.6 Å². The zero-order valence-electron chi connectivity index (χ0n) is 16.3. The topological polar surface area (TPSA) is 67.6 Å². The molecule has 4 rings (SSSR count). The van der Waals surface area contributed by atoms with Crippen LogP contribution in [-0.4, -0.2) is 32.3 Å². The molecule has 30 heavy (non-hydrogen) atoms. The van der Waals surface area contributed by atoms with Crippen molar-refractivity contribution in [1.82, 2.24) is 4.90 Å². The summed E-state index contributed by atoms with van der Waals surface area (Å²) in [5, 5.41) is -0.216. The molecule has 1 amide bonds. The van der Waals surface area contributed by atoms with E-state index in [9.17, 15) is 13.2 Å². The van der Waals surface area contributed by atoms with Crippen LogP contribution in [-0.2, 0) is 16.3 Å². The lowest BCUT2D eigenvalue weighted by molar-refractivity contribution is 0.0653. The summed E-state index contributed by atoms with van der Waals surface area (Å²) < 4.78 is 31.7. The number of halogens is 1. The minimum absolute atomic E-state index is 0.0622. The number of hydrogen-bond donors (Lipinski definition) is 0. The highest BCUT2D eigenvalue weighted by atomic mass is 79.9. The predicted octanol–water partition coefficient (Wildman–Crippen LogP) is 4.97. The summed E-state index contributed by atoms with van der Waals surface area (Å²) >= 11 is 3.29. The Morgan fingerprint density at radius 2 is 1.63 bits per heavy atom. The van der Waals surface area contributed by atoms with Crippen LogP contribution in [0.1, 0.15) is 29.0 Å². The number of likely N-dealkylation sites (tertiary alicyclic amines) is 1. The second-order valence-electron chi connectivity index (χ2n) is 7.50. The Bertz CT molecular complexity index is 1120. The second-order valence-corrected chi connectivity index (χ2v) is 10.3. The van der Waals surface area contributed by atoms with Crippen LogP contribution in [0.25, 0.3) is 0 Å². The number of sulfone groups is 1. The maximum atomic E-state index is 12.8. The smallest absolute Gasteiger partial charge is 0.289 e. The van der Waals surface area contributed by atoms with Gasteiger partial charge in [-0.1, -0.05) is 46.3 Å². The first-order valence-electron chi connectivity index (χ1n) is 9.87. The Morgan fingerprint density at radius 3 is 2.30 bits per heavy atom. The highest BCUT2D eigenvalue weighted by molar-refractivity contribution is 9.10. The SMILES string of the molecule is O=C(c1ccc(S(=O)(=O)c2ccc(Br)cc2)o1)N1CCC(Cc2ccccc2)CC1. The van der Waals surface area contributed by atoms with Crippen molar-refractivity contribution in [1.29, 1.82) is 0 Å². The summed E-state index contributed by atoms with van der Waals surface area (Å²) in [4.78, 5) is 14.7. The van der Waals surface area contributed by atoms with Crippen molar-refractivity contribution in [2.45, 2.75) is 29.3 Å². The molecule has 0 aliphatic carbocycles. The molecule has 0 bridgehead atoms. The summed E-state index contributed by atoms with van der Waals surface area (Å²) in [6, 6.07) is 19.5. The number of carbonyl (C=O) groups is 1. The van der Waals surface area contributed by atoms with E-state index in [0.29, 0.717) is 19.0 Å². The third-order valence-corrected chi connectivity index (χ3v) is 7.62. The lowest BCUT2D eigenvalue weighted by Crippen LogP contribution is -2.38. The van der Waals surface area contributed by atoms with E-state index in [1.807, 2.05) is 18.2 Å². The van der Waals surface area contributed by atoms with E-state index in [1.165, 1.54) is 29.8 Å². The Morgan fingerprint density at radius 1 is 0.967 bits per heavy atom. The molecule has 5 nitrogen and oxygen atoms in total. The van der Waals surface area contributed by atoms with Crippen LogP contribution >= 0.6 is 15.9 Å². The molecule has 0 spiro atoms. The van der Waals surface area contributed by atoms with Gasteiger partial charge in [0.2, 0.25) is 14.9 Å². The van der Waals surface area contributed by atoms with E-state index in [0.717, 1.165) is 23.7 Å². The van der Waals surface area contributed by atoms with E-state index in [2.05, 4.69) is 28.1 Å². The third-order valence-electron chi connectivity index (χ3n) is 5.45. The van der Waals surface area contributed by atoms with E-state index < -0.39 is 9.84 Å². The van der Waals surface area contributed by atoms with Gasteiger partial charge in [-0.3, -0.25) is 4.79 Å². The molecule has 0 unspecified atom stereocenters. The third kappa shape index (κ3) is 4.52. The molecule has 2 heterocycles. The van der Waals surface area contributed by atoms with Gasteiger partial charge in [-0.2, -0.15) is 0 Å². The minimum Gasteiger partial charge on any atom is -0.439 e. The van der Waals surface area contributed by atoms with Crippen molar-refractivity contribution in [3.05, 3.63) is 82.5 Å². The summed E-state index contributed by atoms with van der Waals surface area (Å²) in [6.45, 7) is 1.29. The van der Waals surface area contributed by atoms with Gasteiger partial charge in [-0.15, -0.1) is 0 Å². The highest BCUT2D eigenvalue weighted by Gasteiger charge is 2.28. The van der Waals surface area contributed by atoms with Crippen LogP contribution in [0.2, 0.25) is 0 Å². The normalized spacial score (nSPS) is 15.3. The van der Waals surface area contributed by atoms with Crippen molar-refractivity contribution in [3.63, 3.8) is 0 Å². The van der Waals surface area contributed by atoms with Gasteiger partial charge in [-0.25, -0.2) is 8.42 Å². The molecule has 7 heteroatoms. The van der Waals surface area contributed by atoms with Gasteiger partial charge in [-0.05, 0) is 67.1 Å². The Kier molecular flexibility index (Phi) is 6.11. The first kappa shape index (κ1) is 20.9. The van der Waals surface area contributed by atoms with Crippen LogP contribution < -0.4 is 0 Å². The summed E-state index contributed by atoms with van der Waals surface area (Å²) in [5.74, 6) is 0.346. The number of amides is 1. The number of hydrogen-bond acceptors (Lipinski definition) is 4. The lowest BCUT2D eigenvalue weighted by atomic mass is 9.90. The zero-order chi connectivity index (χ0) is 21.1. The van der Waals surface area contributed by atoms with Crippen LogP contribution in [0.15, 0.2) is 85.6 Å². The van der Waals surface area contributed by atoms with E-state index in [-0.39, 0.29) is 21.7 Å². The first-order chi connectivity index (χ1) is 14.4. The molecule has 0 N–H and O–H groups in total. The molecule has 0 radical (unpaired) electrons. The largest absolute Gasteiger partial charge is 0.439 e. The van der Waals surface area contributed by atoms with Crippen molar-refractivity contribution in [3.8, 4) is 0 Å². The number of carbonyl (C=O) groups excluding carboxylic acids is 1. The predicted molar refractivity (Wildman–Crippen MR) is 117 cm³/mol.